The molecule has 0 bridgehead atoms. The van der Waals surface area contributed by atoms with E-state index in [0.29, 0.717) is 22.8 Å². The Morgan fingerprint density at radius 3 is 2.78 bits per heavy atom. The van der Waals surface area contributed by atoms with E-state index in [1.54, 1.807) is 25.3 Å². The Morgan fingerprint density at radius 2 is 2.22 bits per heavy atom. The Bertz CT molecular complexity index is 544. The predicted octanol–water partition coefficient (Wildman–Crippen LogP) is 1.78. The highest BCUT2D eigenvalue weighted by molar-refractivity contribution is 7.91. The summed E-state index contributed by atoms with van der Waals surface area (Å²) in [7, 11) is -1.40. The molecule has 0 spiro atoms. The molecule has 1 saturated heterocycles. The van der Waals surface area contributed by atoms with Crippen LogP contribution in [0.15, 0.2) is 18.2 Å². The molecule has 1 aliphatic rings. The fourth-order valence-electron chi connectivity index (χ4n) is 2.36. The van der Waals surface area contributed by atoms with Crippen molar-refractivity contribution in [3.05, 3.63) is 28.8 Å². The number of nitrogens with two attached hydrogens (primary N) is 1. The fraction of sp³-hybridized carbons (Fsp3) is 0.500. The lowest BCUT2D eigenvalue weighted by molar-refractivity contribution is 0.392. The molecule has 4 nitrogen and oxygen atoms in total. The third-order valence-electron chi connectivity index (χ3n) is 3.34. The molecule has 1 fully saturated rings. The Kier molecular flexibility index (Phi) is 3.84. The molecule has 18 heavy (non-hydrogen) atoms. The molecule has 1 aromatic rings. The van der Waals surface area contributed by atoms with E-state index in [1.807, 2.05) is 0 Å². The molecular weight excluding hydrogens is 274 g/mol. The number of hydrogen-bond acceptors (Lipinski definition) is 4. The Labute approximate surface area is 112 Å². The number of rotatable bonds is 3. The van der Waals surface area contributed by atoms with Gasteiger partial charge in [0.1, 0.15) is 5.75 Å². The molecular formula is C12H16ClNO3S. The van der Waals surface area contributed by atoms with Crippen molar-refractivity contribution in [1.29, 1.82) is 0 Å². The van der Waals surface area contributed by atoms with Crippen LogP contribution < -0.4 is 10.5 Å². The van der Waals surface area contributed by atoms with Crippen molar-refractivity contribution in [2.24, 2.45) is 11.7 Å². The minimum absolute atomic E-state index is 0.0937. The van der Waals surface area contributed by atoms with Gasteiger partial charge in [0.2, 0.25) is 0 Å². The summed E-state index contributed by atoms with van der Waals surface area (Å²) in [6, 6.07) is 4.89. The molecule has 2 unspecified atom stereocenters. The van der Waals surface area contributed by atoms with E-state index in [1.165, 1.54) is 0 Å². The van der Waals surface area contributed by atoms with Crippen LogP contribution in [-0.2, 0) is 9.84 Å². The van der Waals surface area contributed by atoms with Gasteiger partial charge >= 0.3 is 0 Å². The zero-order valence-corrected chi connectivity index (χ0v) is 11.7. The van der Waals surface area contributed by atoms with Gasteiger partial charge < -0.3 is 10.5 Å². The molecule has 1 heterocycles. The predicted molar refractivity (Wildman–Crippen MR) is 71.7 cm³/mol. The van der Waals surface area contributed by atoms with Crippen LogP contribution in [0.1, 0.15) is 18.0 Å². The van der Waals surface area contributed by atoms with Gasteiger partial charge in [0, 0.05) is 16.6 Å². The van der Waals surface area contributed by atoms with Crippen molar-refractivity contribution in [2.75, 3.05) is 18.6 Å². The summed E-state index contributed by atoms with van der Waals surface area (Å²) < 4.78 is 28.2. The quantitative estimate of drug-likeness (QED) is 0.921. The Balaban J connectivity index is 2.32. The summed E-state index contributed by atoms with van der Waals surface area (Å²) in [5, 5.41) is 0.520. The summed E-state index contributed by atoms with van der Waals surface area (Å²) in [5.41, 5.74) is 6.87. The molecule has 0 amide bonds. The van der Waals surface area contributed by atoms with Gasteiger partial charge in [-0.15, -0.1) is 0 Å². The molecule has 0 aliphatic carbocycles. The zero-order chi connectivity index (χ0) is 13.3. The lowest BCUT2D eigenvalue weighted by Gasteiger charge is -2.21. The molecule has 2 rings (SSSR count). The number of methoxy groups -OCH3 is 1. The average Bonchev–Trinajstić information content (AvgIpc) is 2.68. The van der Waals surface area contributed by atoms with E-state index in [4.69, 9.17) is 22.1 Å². The van der Waals surface area contributed by atoms with Crippen LogP contribution in [0.2, 0.25) is 5.02 Å². The van der Waals surface area contributed by atoms with Crippen molar-refractivity contribution in [3.8, 4) is 5.75 Å². The maximum absolute atomic E-state index is 11.5. The van der Waals surface area contributed by atoms with E-state index in [2.05, 4.69) is 0 Å². The number of benzene rings is 1. The fourth-order valence-corrected chi connectivity index (χ4v) is 4.51. The van der Waals surface area contributed by atoms with Gasteiger partial charge in [-0.1, -0.05) is 17.7 Å². The normalized spacial score (nSPS) is 23.8. The van der Waals surface area contributed by atoms with E-state index < -0.39 is 15.9 Å². The van der Waals surface area contributed by atoms with Gasteiger partial charge in [-0.3, -0.25) is 0 Å². The van der Waals surface area contributed by atoms with Crippen LogP contribution in [0.4, 0.5) is 0 Å². The molecule has 1 aliphatic heterocycles. The summed E-state index contributed by atoms with van der Waals surface area (Å²) in [6.07, 6.45) is 0.581. The van der Waals surface area contributed by atoms with Crippen LogP contribution in [-0.4, -0.2) is 27.0 Å². The molecule has 2 atom stereocenters. The monoisotopic (exact) mass is 289 g/mol. The smallest absolute Gasteiger partial charge is 0.150 e. The molecule has 0 aromatic heterocycles. The lowest BCUT2D eigenvalue weighted by atomic mass is 9.92. The second-order valence-electron chi connectivity index (χ2n) is 4.54. The minimum atomic E-state index is -2.94. The highest BCUT2D eigenvalue weighted by Gasteiger charge is 2.34. The van der Waals surface area contributed by atoms with Crippen LogP contribution in [0.5, 0.6) is 5.75 Å². The summed E-state index contributed by atoms with van der Waals surface area (Å²) >= 11 is 6.14. The second kappa shape index (κ2) is 5.07. The molecule has 0 radical (unpaired) electrons. The highest BCUT2D eigenvalue weighted by atomic mass is 35.5. The minimum Gasteiger partial charge on any atom is -0.496 e. The molecule has 0 saturated carbocycles. The number of halogens is 1. The van der Waals surface area contributed by atoms with Crippen molar-refractivity contribution >= 4 is 21.4 Å². The van der Waals surface area contributed by atoms with Crippen molar-refractivity contribution in [1.82, 2.24) is 0 Å². The van der Waals surface area contributed by atoms with Crippen molar-refractivity contribution < 1.29 is 13.2 Å². The van der Waals surface area contributed by atoms with Gasteiger partial charge in [0.15, 0.2) is 9.84 Å². The van der Waals surface area contributed by atoms with E-state index in [9.17, 15) is 8.42 Å². The van der Waals surface area contributed by atoms with Gasteiger partial charge in [-0.2, -0.15) is 0 Å². The maximum Gasteiger partial charge on any atom is 0.150 e. The number of hydrogen-bond donors (Lipinski definition) is 1. The van der Waals surface area contributed by atoms with Crippen LogP contribution in [0.3, 0.4) is 0 Å². The van der Waals surface area contributed by atoms with Crippen molar-refractivity contribution in [3.63, 3.8) is 0 Å². The first-order valence-corrected chi connectivity index (χ1v) is 7.93. The van der Waals surface area contributed by atoms with Crippen LogP contribution in [0, 0.1) is 5.92 Å². The van der Waals surface area contributed by atoms with Crippen molar-refractivity contribution in [2.45, 2.75) is 12.5 Å². The highest BCUT2D eigenvalue weighted by Crippen LogP contribution is 2.38. The summed E-state index contributed by atoms with van der Waals surface area (Å²) in [5.74, 6) is 0.851. The Morgan fingerprint density at radius 1 is 1.50 bits per heavy atom. The van der Waals surface area contributed by atoms with Gasteiger partial charge in [0.05, 0.1) is 18.6 Å². The molecule has 6 heteroatoms. The van der Waals surface area contributed by atoms with E-state index in [-0.39, 0.29) is 17.4 Å². The topological polar surface area (TPSA) is 69.4 Å². The standard InChI is InChI=1S/C12H16ClNO3S/c1-17-10-4-2-3-9(13)11(10)12(14)8-5-6-18(15,16)7-8/h2-4,8,12H,5-7,14H2,1H3. The summed E-state index contributed by atoms with van der Waals surface area (Å²) in [4.78, 5) is 0. The van der Waals surface area contributed by atoms with E-state index in [0.717, 1.165) is 0 Å². The molecule has 2 N–H and O–H groups in total. The first kappa shape index (κ1) is 13.6. The van der Waals surface area contributed by atoms with Gasteiger partial charge in [0.25, 0.3) is 0 Å². The molecule has 100 valence electrons. The Hall–Kier alpha value is -0.780. The average molecular weight is 290 g/mol. The van der Waals surface area contributed by atoms with Crippen LogP contribution >= 0.6 is 11.6 Å². The SMILES string of the molecule is COc1cccc(Cl)c1C(N)C1CCS(=O)(=O)C1. The third kappa shape index (κ3) is 2.63. The first-order chi connectivity index (χ1) is 8.44. The van der Waals surface area contributed by atoms with E-state index >= 15 is 0 Å². The molecule has 1 aromatic carbocycles. The number of ether oxygens (including phenoxy) is 1. The first-order valence-electron chi connectivity index (χ1n) is 5.73. The zero-order valence-electron chi connectivity index (χ0n) is 10.1. The largest absolute Gasteiger partial charge is 0.496 e. The second-order valence-corrected chi connectivity index (χ2v) is 7.18. The van der Waals surface area contributed by atoms with Crippen LogP contribution in [0.25, 0.3) is 0 Å². The van der Waals surface area contributed by atoms with Gasteiger partial charge in [-0.25, -0.2) is 8.42 Å². The lowest BCUT2D eigenvalue weighted by Crippen LogP contribution is -2.23. The number of sulfone groups is 1. The van der Waals surface area contributed by atoms with Gasteiger partial charge in [-0.05, 0) is 24.5 Å². The summed E-state index contributed by atoms with van der Waals surface area (Å²) in [6.45, 7) is 0. The third-order valence-corrected chi connectivity index (χ3v) is 5.47. The maximum atomic E-state index is 11.5.